The molecule has 0 bridgehead atoms. The van der Waals surface area contributed by atoms with Crippen LogP contribution in [0.3, 0.4) is 0 Å². The molecule has 0 radical (unpaired) electrons. The molecule has 7 nitrogen and oxygen atoms in total. The van der Waals surface area contributed by atoms with Gasteiger partial charge in [0.25, 0.3) is 11.8 Å². The molecule has 152 valence electrons. The number of aliphatic hydroxyl groups is 1. The van der Waals surface area contributed by atoms with Gasteiger partial charge in [-0.15, -0.1) is 0 Å². The smallest absolute Gasteiger partial charge is 0.264 e. The molecule has 1 atom stereocenters. The van der Waals surface area contributed by atoms with Gasteiger partial charge in [0, 0.05) is 30.2 Å². The lowest BCUT2D eigenvalue weighted by atomic mass is 10.0. The molecular weight excluding hydrogens is 401 g/mol. The number of anilines is 1. The molecule has 3 amide bonds. The van der Waals surface area contributed by atoms with Crippen molar-refractivity contribution >= 4 is 35.0 Å². The van der Waals surface area contributed by atoms with E-state index in [1.165, 1.54) is 12.1 Å². The Kier molecular flexibility index (Phi) is 6.14. The van der Waals surface area contributed by atoms with Gasteiger partial charge >= 0.3 is 0 Å². The van der Waals surface area contributed by atoms with Gasteiger partial charge in [0.05, 0.1) is 6.54 Å². The number of benzene rings is 2. The molecule has 1 saturated heterocycles. The number of para-hydroxylation sites is 1. The van der Waals surface area contributed by atoms with Crippen molar-refractivity contribution in [2.75, 3.05) is 18.4 Å². The molecule has 0 aliphatic carbocycles. The molecular formula is C20H19ClFN3O4. The summed E-state index contributed by atoms with van der Waals surface area (Å²) in [5, 5.41) is 15.8. The van der Waals surface area contributed by atoms with Crippen molar-refractivity contribution in [1.82, 2.24) is 10.2 Å². The number of nitrogens with zero attached hydrogens (tertiary/aromatic N) is 1. The van der Waals surface area contributed by atoms with Crippen molar-refractivity contribution in [2.45, 2.75) is 18.6 Å². The molecule has 1 aliphatic rings. The highest BCUT2D eigenvalue weighted by Gasteiger charge is 2.51. The average Bonchev–Trinajstić information content (AvgIpc) is 2.96. The van der Waals surface area contributed by atoms with Crippen molar-refractivity contribution in [3.8, 4) is 0 Å². The Morgan fingerprint density at radius 3 is 2.62 bits per heavy atom. The second-order valence-electron chi connectivity index (χ2n) is 6.71. The van der Waals surface area contributed by atoms with E-state index in [0.29, 0.717) is 11.3 Å². The standard InChI is InChI=1S/C20H19ClFN3O4/c21-14-8-13(9-15(22)10-14)11-23-18(27)20(29)6-7-25(19(20)28)12-17(26)24-16-4-2-1-3-5-16/h1-5,8-10,29H,6-7,11-12H2,(H,23,27)(H,24,26). The average molecular weight is 420 g/mol. The fourth-order valence-corrected chi connectivity index (χ4v) is 3.31. The van der Waals surface area contributed by atoms with Crippen molar-refractivity contribution < 1.29 is 23.9 Å². The molecule has 1 heterocycles. The maximum atomic E-state index is 13.4. The van der Waals surface area contributed by atoms with E-state index in [-0.39, 0.29) is 31.1 Å². The van der Waals surface area contributed by atoms with Gasteiger partial charge < -0.3 is 20.6 Å². The van der Waals surface area contributed by atoms with Gasteiger partial charge in [0.2, 0.25) is 11.5 Å². The van der Waals surface area contributed by atoms with E-state index in [1.807, 2.05) is 0 Å². The predicted octanol–water partition coefficient (Wildman–Crippen LogP) is 1.70. The summed E-state index contributed by atoms with van der Waals surface area (Å²) in [4.78, 5) is 38.2. The lowest BCUT2D eigenvalue weighted by Crippen LogP contribution is -2.52. The van der Waals surface area contributed by atoms with E-state index in [9.17, 15) is 23.9 Å². The maximum absolute atomic E-state index is 13.4. The summed E-state index contributed by atoms with van der Waals surface area (Å²) in [6.45, 7) is -0.347. The molecule has 29 heavy (non-hydrogen) atoms. The first-order chi connectivity index (χ1) is 13.8. The summed E-state index contributed by atoms with van der Waals surface area (Å²) in [6.07, 6.45) is -0.153. The summed E-state index contributed by atoms with van der Waals surface area (Å²) in [5.74, 6) is -2.76. The number of halogens is 2. The van der Waals surface area contributed by atoms with Crippen LogP contribution in [0.25, 0.3) is 0 Å². The SMILES string of the molecule is O=C(CN1CCC(O)(C(=O)NCc2cc(F)cc(Cl)c2)C1=O)Nc1ccccc1. The van der Waals surface area contributed by atoms with Crippen LogP contribution in [-0.4, -0.2) is 46.4 Å². The first-order valence-electron chi connectivity index (χ1n) is 8.88. The van der Waals surface area contributed by atoms with Crippen molar-refractivity contribution in [1.29, 1.82) is 0 Å². The minimum Gasteiger partial charge on any atom is -0.372 e. The van der Waals surface area contributed by atoms with E-state index in [1.54, 1.807) is 30.3 Å². The van der Waals surface area contributed by atoms with Crippen molar-refractivity contribution in [2.24, 2.45) is 0 Å². The van der Waals surface area contributed by atoms with Crippen LogP contribution >= 0.6 is 11.6 Å². The number of amides is 3. The fourth-order valence-electron chi connectivity index (χ4n) is 3.07. The molecule has 2 aromatic rings. The molecule has 0 saturated carbocycles. The normalized spacial score (nSPS) is 18.6. The largest absolute Gasteiger partial charge is 0.372 e. The number of hydrogen-bond donors (Lipinski definition) is 3. The Morgan fingerprint density at radius 1 is 1.21 bits per heavy atom. The summed E-state index contributed by atoms with van der Waals surface area (Å²) in [6, 6.07) is 12.5. The highest BCUT2D eigenvalue weighted by molar-refractivity contribution is 6.30. The first-order valence-corrected chi connectivity index (χ1v) is 9.25. The third kappa shape index (κ3) is 4.90. The predicted molar refractivity (Wildman–Crippen MR) is 104 cm³/mol. The zero-order chi connectivity index (χ0) is 21.0. The van der Waals surface area contributed by atoms with Gasteiger partial charge in [0.1, 0.15) is 5.82 Å². The van der Waals surface area contributed by atoms with Crippen molar-refractivity contribution in [3.63, 3.8) is 0 Å². The van der Waals surface area contributed by atoms with Crippen LogP contribution in [0, 0.1) is 5.82 Å². The molecule has 0 spiro atoms. The first kappa shape index (κ1) is 20.8. The number of hydrogen-bond acceptors (Lipinski definition) is 4. The lowest BCUT2D eigenvalue weighted by Gasteiger charge is -2.21. The van der Waals surface area contributed by atoms with Gasteiger partial charge in [-0.3, -0.25) is 14.4 Å². The van der Waals surface area contributed by atoms with Gasteiger partial charge in [0.15, 0.2) is 0 Å². The monoisotopic (exact) mass is 419 g/mol. The summed E-state index contributed by atoms with van der Waals surface area (Å²) >= 11 is 5.77. The third-order valence-corrected chi connectivity index (χ3v) is 4.75. The van der Waals surface area contributed by atoms with E-state index >= 15 is 0 Å². The van der Waals surface area contributed by atoms with Crippen molar-refractivity contribution in [3.05, 3.63) is 64.9 Å². The molecule has 3 N–H and O–H groups in total. The van der Waals surface area contributed by atoms with E-state index in [2.05, 4.69) is 10.6 Å². The van der Waals surface area contributed by atoms with Gasteiger partial charge in [-0.25, -0.2) is 4.39 Å². The summed E-state index contributed by atoms with van der Waals surface area (Å²) in [7, 11) is 0. The Hall–Kier alpha value is -2.97. The van der Waals surface area contributed by atoms with Crippen LogP contribution in [0.5, 0.6) is 0 Å². The highest BCUT2D eigenvalue weighted by Crippen LogP contribution is 2.24. The minimum atomic E-state index is -2.27. The Bertz CT molecular complexity index is 920. The van der Waals surface area contributed by atoms with Crippen LogP contribution in [0.4, 0.5) is 10.1 Å². The Morgan fingerprint density at radius 2 is 1.93 bits per heavy atom. The molecule has 2 aromatic carbocycles. The Balaban J connectivity index is 1.58. The number of likely N-dealkylation sites (tertiary alicyclic amines) is 1. The topological polar surface area (TPSA) is 98.7 Å². The number of nitrogens with one attached hydrogen (secondary N) is 2. The van der Waals surface area contributed by atoms with Crippen LogP contribution < -0.4 is 10.6 Å². The van der Waals surface area contributed by atoms with Gasteiger partial charge in [-0.05, 0) is 35.9 Å². The number of carbonyl (C=O) groups is 3. The van der Waals surface area contributed by atoms with Crippen LogP contribution in [0.15, 0.2) is 48.5 Å². The molecule has 9 heteroatoms. The molecule has 1 fully saturated rings. The van der Waals surface area contributed by atoms with E-state index < -0.39 is 29.1 Å². The maximum Gasteiger partial charge on any atom is 0.264 e. The van der Waals surface area contributed by atoms with Crippen LogP contribution in [0.2, 0.25) is 5.02 Å². The second kappa shape index (κ2) is 8.59. The van der Waals surface area contributed by atoms with Gasteiger partial charge in [-0.2, -0.15) is 0 Å². The van der Waals surface area contributed by atoms with Gasteiger partial charge in [-0.1, -0.05) is 29.8 Å². The van der Waals surface area contributed by atoms with Crippen LogP contribution in [0.1, 0.15) is 12.0 Å². The number of rotatable bonds is 6. The highest BCUT2D eigenvalue weighted by atomic mass is 35.5. The second-order valence-corrected chi connectivity index (χ2v) is 7.15. The molecule has 1 aliphatic heterocycles. The summed E-state index contributed by atoms with van der Waals surface area (Å²) in [5.41, 5.74) is -1.31. The fraction of sp³-hybridized carbons (Fsp3) is 0.250. The lowest BCUT2D eigenvalue weighted by molar-refractivity contribution is -0.155. The Labute approximate surface area is 171 Å². The third-order valence-electron chi connectivity index (χ3n) is 4.53. The zero-order valence-electron chi connectivity index (χ0n) is 15.3. The number of carbonyl (C=O) groups excluding carboxylic acids is 3. The minimum absolute atomic E-state index is 0.0523. The quantitative estimate of drug-likeness (QED) is 0.620. The molecule has 3 rings (SSSR count). The van der Waals surface area contributed by atoms with E-state index in [4.69, 9.17) is 11.6 Å². The molecule has 0 aromatic heterocycles. The zero-order valence-corrected chi connectivity index (χ0v) is 16.1. The van der Waals surface area contributed by atoms with Crippen LogP contribution in [-0.2, 0) is 20.9 Å². The van der Waals surface area contributed by atoms with E-state index in [0.717, 1.165) is 11.0 Å². The molecule has 1 unspecified atom stereocenters. The summed E-state index contributed by atoms with van der Waals surface area (Å²) < 4.78 is 13.4.